The maximum atomic E-state index is 12.5. The number of thioether (sulfide) groups is 1. The number of benzene rings is 3. The van der Waals surface area contributed by atoms with Gasteiger partial charge >= 0.3 is 0 Å². The number of carbonyl (C=O) groups is 2. The molecule has 8 heteroatoms. The Hall–Kier alpha value is -3.91. The van der Waals surface area contributed by atoms with Crippen molar-refractivity contribution in [2.24, 2.45) is 0 Å². The molecule has 0 unspecified atom stereocenters. The quantitative estimate of drug-likeness (QED) is 0.277. The third-order valence-electron chi connectivity index (χ3n) is 4.85. The number of anilines is 1. The lowest BCUT2D eigenvalue weighted by atomic mass is 10.1. The van der Waals surface area contributed by atoms with Crippen LogP contribution in [0.1, 0.15) is 11.3 Å². The van der Waals surface area contributed by atoms with Gasteiger partial charge in [0, 0.05) is 23.7 Å². The van der Waals surface area contributed by atoms with E-state index < -0.39 is 0 Å². The first-order chi connectivity index (χ1) is 16.1. The average Bonchev–Trinajstić information content (AvgIpc) is 2.82. The van der Waals surface area contributed by atoms with Crippen molar-refractivity contribution in [1.82, 2.24) is 15.3 Å². The van der Waals surface area contributed by atoms with Crippen molar-refractivity contribution in [3.63, 3.8) is 0 Å². The predicted molar refractivity (Wildman–Crippen MR) is 130 cm³/mol. The van der Waals surface area contributed by atoms with Gasteiger partial charge in [-0.2, -0.15) is 0 Å². The van der Waals surface area contributed by atoms with Gasteiger partial charge in [-0.25, -0.2) is 4.98 Å². The zero-order valence-corrected chi connectivity index (χ0v) is 18.5. The summed E-state index contributed by atoms with van der Waals surface area (Å²) < 4.78 is 0. The van der Waals surface area contributed by atoms with E-state index in [-0.39, 0.29) is 29.5 Å². The number of rotatable bonds is 8. The minimum absolute atomic E-state index is 0.0213. The van der Waals surface area contributed by atoms with Crippen LogP contribution in [0.2, 0.25) is 0 Å². The maximum absolute atomic E-state index is 12.5. The first-order valence-electron chi connectivity index (χ1n) is 10.4. The van der Waals surface area contributed by atoms with Crippen LogP contribution in [-0.4, -0.2) is 27.5 Å². The van der Waals surface area contributed by atoms with Crippen LogP contribution in [0.5, 0.6) is 0 Å². The molecule has 0 fully saturated rings. The summed E-state index contributed by atoms with van der Waals surface area (Å²) in [5, 5.41) is 8.00. The third kappa shape index (κ3) is 6.30. The zero-order valence-electron chi connectivity index (χ0n) is 17.7. The average molecular weight is 459 g/mol. The normalized spacial score (nSPS) is 10.7. The first-order valence-corrected chi connectivity index (χ1v) is 11.4. The van der Waals surface area contributed by atoms with E-state index in [0.717, 1.165) is 33.8 Å². The molecule has 4 aromatic rings. The second-order valence-corrected chi connectivity index (χ2v) is 8.31. The van der Waals surface area contributed by atoms with Crippen molar-refractivity contribution >= 4 is 40.0 Å². The van der Waals surface area contributed by atoms with Gasteiger partial charge in [-0.15, -0.1) is 0 Å². The molecule has 0 aliphatic heterocycles. The van der Waals surface area contributed by atoms with Gasteiger partial charge in [0.25, 0.3) is 5.56 Å². The molecule has 3 N–H and O–H groups in total. The molecule has 0 aliphatic carbocycles. The molecule has 166 valence electrons. The Morgan fingerprint density at radius 2 is 1.67 bits per heavy atom. The van der Waals surface area contributed by atoms with Crippen molar-refractivity contribution in [3.8, 4) is 0 Å². The number of H-pyrrole nitrogens is 1. The molecule has 0 saturated carbocycles. The van der Waals surface area contributed by atoms with E-state index >= 15 is 0 Å². The monoisotopic (exact) mass is 458 g/mol. The molecular weight excluding hydrogens is 436 g/mol. The zero-order chi connectivity index (χ0) is 23.0. The summed E-state index contributed by atoms with van der Waals surface area (Å²) in [5.41, 5.74) is 1.69. The van der Waals surface area contributed by atoms with Crippen LogP contribution in [0, 0.1) is 0 Å². The van der Waals surface area contributed by atoms with E-state index in [1.807, 2.05) is 72.8 Å². The van der Waals surface area contributed by atoms with Crippen LogP contribution in [0.4, 0.5) is 5.69 Å². The molecular formula is C25H22N4O3S. The second-order valence-electron chi connectivity index (χ2n) is 7.34. The van der Waals surface area contributed by atoms with Gasteiger partial charge < -0.3 is 15.6 Å². The summed E-state index contributed by atoms with van der Waals surface area (Å²) in [6.07, 6.45) is -0.0213. The molecule has 0 spiro atoms. The Labute approximate surface area is 194 Å². The van der Waals surface area contributed by atoms with Gasteiger partial charge in [0.2, 0.25) is 11.8 Å². The summed E-state index contributed by atoms with van der Waals surface area (Å²) in [4.78, 5) is 43.7. The number of aromatic amines is 1. The first kappa shape index (κ1) is 22.3. The Morgan fingerprint density at radius 1 is 0.909 bits per heavy atom. The molecule has 1 aromatic heterocycles. The van der Waals surface area contributed by atoms with Crippen molar-refractivity contribution in [1.29, 1.82) is 0 Å². The second kappa shape index (κ2) is 10.6. The topological polar surface area (TPSA) is 104 Å². The number of nitrogens with zero attached hydrogens (tertiary/aromatic N) is 1. The molecule has 0 aliphatic rings. The fourth-order valence-electron chi connectivity index (χ4n) is 3.32. The molecule has 4 rings (SSSR count). The molecule has 7 nitrogen and oxygen atoms in total. The Kier molecular flexibility index (Phi) is 7.16. The van der Waals surface area contributed by atoms with Gasteiger partial charge in [-0.05, 0) is 17.0 Å². The van der Waals surface area contributed by atoms with Crippen LogP contribution in [0.25, 0.3) is 10.8 Å². The van der Waals surface area contributed by atoms with Crippen molar-refractivity contribution < 1.29 is 9.59 Å². The summed E-state index contributed by atoms with van der Waals surface area (Å²) >= 11 is 1.11. The van der Waals surface area contributed by atoms with Gasteiger partial charge in [-0.3, -0.25) is 14.4 Å². The van der Waals surface area contributed by atoms with Crippen LogP contribution >= 0.6 is 11.8 Å². The standard InChI is InChI=1S/C25H22N4O3S/c30-22(26-15-17-7-2-1-3-8-17)13-19-14-23(31)29-25(27-19)33-16-24(32)28-21-12-6-10-18-9-4-5-11-20(18)21/h1-12,14H,13,15-16H2,(H,26,30)(H,28,32)(H,27,29,31). The van der Waals surface area contributed by atoms with Gasteiger partial charge in [-0.1, -0.05) is 78.5 Å². The van der Waals surface area contributed by atoms with Gasteiger partial charge in [0.05, 0.1) is 17.9 Å². The largest absolute Gasteiger partial charge is 0.352 e. The fourth-order valence-corrected chi connectivity index (χ4v) is 4.02. The van der Waals surface area contributed by atoms with Crippen LogP contribution in [0.15, 0.2) is 88.8 Å². The lowest BCUT2D eigenvalue weighted by molar-refractivity contribution is -0.120. The SMILES string of the molecule is O=C(Cc1cc(=O)[nH]c(SCC(=O)Nc2cccc3ccccc23)n1)NCc1ccccc1. The summed E-state index contributed by atoms with van der Waals surface area (Å²) in [5.74, 6) is -0.387. The van der Waals surface area contributed by atoms with E-state index in [9.17, 15) is 14.4 Å². The maximum Gasteiger partial charge on any atom is 0.251 e. The van der Waals surface area contributed by atoms with E-state index in [1.165, 1.54) is 6.07 Å². The van der Waals surface area contributed by atoms with Gasteiger partial charge in [0.15, 0.2) is 5.16 Å². The Bertz CT molecular complexity index is 1330. The van der Waals surface area contributed by atoms with E-state index in [4.69, 9.17) is 0 Å². The van der Waals surface area contributed by atoms with Crippen LogP contribution < -0.4 is 16.2 Å². The van der Waals surface area contributed by atoms with Crippen LogP contribution in [-0.2, 0) is 22.6 Å². The lowest BCUT2D eigenvalue weighted by Crippen LogP contribution is -2.26. The highest BCUT2D eigenvalue weighted by Gasteiger charge is 2.11. The Morgan fingerprint density at radius 3 is 2.52 bits per heavy atom. The van der Waals surface area contributed by atoms with Crippen molar-refractivity contribution in [2.75, 3.05) is 11.1 Å². The molecule has 1 heterocycles. The highest BCUT2D eigenvalue weighted by atomic mass is 32.2. The molecule has 0 atom stereocenters. The number of fused-ring (bicyclic) bond motifs is 1. The smallest absolute Gasteiger partial charge is 0.251 e. The highest BCUT2D eigenvalue weighted by Crippen LogP contribution is 2.23. The molecule has 2 amide bonds. The number of carbonyl (C=O) groups excluding carboxylic acids is 2. The number of aromatic nitrogens is 2. The van der Waals surface area contributed by atoms with E-state index in [1.54, 1.807) is 0 Å². The van der Waals surface area contributed by atoms with E-state index in [2.05, 4.69) is 20.6 Å². The highest BCUT2D eigenvalue weighted by molar-refractivity contribution is 7.99. The number of hydrogen-bond donors (Lipinski definition) is 3. The molecule has 0 saturated heterocycles. The summed E-state index contributed by atoms with van der Waals surface area (Å²) in [6, 6.07) is 24.4. The van der Waals surface area contributed by atoms with Crippen molar-refractivity contribution in [2.45, 2.75) is 18.1 Å². The fraction of sp³-hybridized carbons (Fsp3) is 0.120. The summed E-state index contributed by atoms with van der Waals surface area (Å²) in [7, 11) is 0. The number of hydrogen-bond acceptors (Lipinski definition) is 5. The minimum Gasteiger partial charge on any atom is -0.352 e. The molecule has 33 heavy (non-hydrogen) atoms. The predicted octanol–water partition coefficient (Wildman–Crippen LogP) is 3.51. The number of nitrogens with one attached hydrogen (secondary N) is 3. The molecule has 0 radical (unpaired) electrons. The van der Waals surface area contributed by atoms with Crippen molar-refractivity contribution in [3.05, 3.63) is 100 Å². The van der Waals surface area contributed by atoms with Gasteiger partial charge in [0.1, 0.15) is 0 Å². The van der Waals surface area contributed by atoms with Crippen LogP contribution in [0.3, 0.4) is 0 Å². The third-order valence-corrected chi connectivity index (χ3v) is 5.72. The lowest BCUT2D eigenvalue weighted by Gasteiger charge is -2.09. The van der Waals surface area contributed by atoms with E-state index in [0.29, 0.717) is 17.4 Å². The molecule has 3 aromatic carbocycles. The molecule has 0 bridgehead atoms. The number of amides is 2. The summed E-state index contributed by atoms with van der Waals surface area (Å²) in [6.45, 7) is 0.402. The minimum atomic E-state index is -0.368. The Balaban J connectivity index is 1.34.